The molecule has 0 fully saturated rings. The highest BCUT2D eigenvalue weighted by atomic mass is 16.4. The van der Waals surface area contributed by atoms with Crippen LogP contribution in [0.5, 0.6) is 0 Å². The number of carboxylic acids is 1. The lowest BCUT2D eigenvalue weighted by atomic mass is 9.99. The molecule has 0 aliphatic rings. The SMILES string of the molecule is C#CC#CC#CC#CC#CC#CC#CC#CC#CCC(=O)[C@@H](O)[C@H](O)[C@@H](O)[C@@H](O)C(=O)O. The van der Waals surface area contributed by atoms with Crippen LogP contribution >= 0.6 is 0 Å². The van der Waals surface area contributed by atoms with Gasteiger partial charge in [-0.15, -0.1) is 6.42 Å². The molecule has 0 radical (unpaired) electrons. The molecule has 0 bridgehead atoms. The Hall–Kier alpha value is -4.98. The molecule has 5 N–H and O–H groups in total. The summed E-state index contributed by atoms with van der Waals surface area (Å²) in [5, 5.41) is 46.1. The Balaban J connectivity index is 4.61. The molecule has 0 rings (SSSR count). The summed E-state index contributed by atoms with van der Waals surface area (Å²) in [6.45, 7) is 0. The van der Waals surface area contributed by atoms with Crippen molar-refractivity contribution in [2.24, 2.45) is 0 Å². The minimum atomic E-state index is -2.37. The van der Waals surface area contributed by atoms with Crippen molar-refractivity contribution in [1.29, 1.82) is 0 Å². The van der Waals surface area contributed by atoms with Gasteiger partial charge < -0.3 is 25.5 Å². The first-order valence-electron chi connectivity index (χ1n) is 8.24. The van der Waals surface area contributed by atoms with E-state index in [4.69, 9.17) is 16.6 Å². The van der Waals surface area contributed by atoms with Crippen LogP contribution in [0, 0.1) is 107 Å². The fraction of sp³-hybridized carbons (Fsp3) is 0.200. The second kappa shape index (κ2) is 16.9. The minimum Gasteiger partial charge on any atom is -0.479 e. The van der Waals surface area contributed by atoms with Crippen LogP contribution in [0.4, 0.5) is 0 Å². The standard InChI is InChI=1S/C25H12O7/c1-2-3-4-5-6-7-8-9-10-11-12-13-14-15-16-17-18-19-20(26)21(27)22(28)23(29)24(30)25(31)32/h1,21-24,27-30H,19H2,(H,31,32)/t21-,22+,23-,24-/m1/s1. The Morgan fingerprint density at radius 3 is 1.31 bits per heavy atom. The van der Waals surface area contributed by atoms with Gasteiger partial charge in [-0.3, -0.25) is 4.79 Å². The summed E-state index contributed by atoms with van der Waals surface area (Å²) >= 11 is 0. The molecule has 154 valence electrons. The van der Waals surface area contributed by atoms with E-state index in [2.05, 4.69) is 101 Å². The van der Waals surface area contributed by atoms with Crippen molar-refractivity contribution < 1.29 is 35.1 Å². The molecule has 0 unspecified atom stereocenters. The molecule has 0 spiro atoms. The lowest BCUT2D eigenvalue weighted by Crippen LogP contribution is -2.49. The van der Waals surface area contributed by atoms with Crippen LogP contribution in [0.25, 0.3) is 0 Å². The summed E-state index contributed by atoms with van der Waals surface area (Å²) in [4.78, 5) is 22.2. The molecule has 0 aromatic rings. The van der Waals surface area contributed by atoms with Crippen LogP contribution in [-0.2, 0) is 9.59 Å². The highest BCUT2D eigenvalue weighted by molar-refractivity contribution is 5.86. The van der Waals surface area contributed by atoms with Crippen LogP contribution in [0.15, 0.2) is 0 Å². The Bertz CT molecular complexity index is 1270. The lowest BCUT2D eigenvalue weighted by Gasteiger charge is -2.23. The molecule has 0 aromatic carbocycles. The summed E-state index contributed by atoms with van der Waals surface area (Å²) in [5.41, 5.74) is 0. The quantitative estimate of drug-likeness (QED) is 0.290. The van der Waals surface area contributed by atoms with E-state index >= 15 is 0 Å². The highest BCUT2D eigenvalue weighted by Crippen LogP contribution is 2.07. The van der Waals surface area contributed by atoms with E-state index in [-0.39, 0.29) is 0 Å². The number of Topliss-reactive ketones (excluding diaryl/α,β-unsaturated/α-hetero) is 1. The van der Waals surface area contributed by atoms with Crippen molar-refractivity contribution in [3.8, 4) is 107 Å². The summed E-state index contributed by atoms with van der Waals surface area (Å²) in [6.07, 6.45) is -4.64. The zero-order valence-corrected chi connectivity index (χ0v) is 16.1. The fourth-order valence-electron chi connectivity index (χ4n) is 1.43. The molecule has 32 heavy (non-hydrogen) atoms. The van der Waals surface area contributed by atoms with Crippen molar-refractivity contribution in [3.63, 3.8) is 0 Å². The van der Waals surface area contributed by atoms with Gasteiger partial charge in [0.25, 0.3) is 0 Å². The van der Waals surface area contributed by atoms with Crippen LogP contribution in [0.2, 0.25) is 0 Å². The highest BCUT2D eigenvalue weighted by Gasteiger charge is 2.36. The van der Waals surface area contributed by atoms with E-state index in [0.29, 0.717) is 0 Å². The number of aliphatic hydroxyl groups excluding tert-OH is 4. The van der Waals surface area contributed by atoms with Crippen molar-refractivity contribution >= 4 is 11.8 Å². The third-order valence-electron chi connectivity index (χ3n) is 2.88. The van der Waals surface area contributed by atoms with E-state index in [9.17, 15) is 24.9 Å². The predicted octanol–water partition coefficient (Wildman–Crippen LogP) is -2.87. The normalized spacial score (nSPS) is 11.0. The summed E-state index contributed by atoms with van der Waals surface area (Å²) in [6, 6.07) is 0. The van der Waals surface area contributed by atoms with Gasteiger partial charge in [-0.25, -0.2) is 4.79 Å². The molecular weight excluding hydrogens is 412 g/mol. The molecule has 0 heterocycles. The molecule has 4 atom stereocenters. The average Bonchev–Trinajstić information content (AvgIpc) is 2.78. The number of carbonyl (C=O) groups is 2. The third-order valence-corrected chi connectivity index (χ3v) is 2.88. The Labute approximate surface area is 185 Å². The van der Waals surface area contributed by atoms with Gasteiger partial charge in [0, 0.05) is 0 Å². The van der Waals surface area contributed by atoms with E-state index in [0.717, 1.165) is 0 Å². The van der Waals surface area contributed by atoms with Gasteiger partial charge in [-0.2, -0.15) is 0 Å². The van der Waals surface area contributed by atoms with Gasteiger partial charge in [0.1, 0.15) is 18.3 Å². The predicted molar refractivity (Wildman–Crippen MR) is 112 cm³/mol. The largest absolute Gasteiger partial charge is 0.479 e. The van der Waals surface area contributed by atoms with Crippen molar-refractivity contribution in [2.75, 3.05) is 0 Å². The number of carbonyl (C=O) groups excluding carboxylic acids is 1. The molecular formula is C25H12O7. The number of rotatable bonds is 6. The second-order valence-corrected chi connectivity index (χ2v) is 5.05. The zero-order valence-electron chi connectivity index (χ0n) is 16.1. The van der Waals surface area contributed by atoms with Crippen LogP contribution in [0.1, 0.15) is 6.42 Å². The Morgan fingerprint density at radius 1 is 0.594 bits per heavy atom. The van der Waals surface area contributed by atoms with Crippen molar-refractivity contribution in [2.45, 2.75) is 30.8 Å². The number of aliphatic hydroxyl groups is 4. The fourth-order valence-corrected chi connectivity index (χ4v) is 1.43. The van der Waals surface area contributed by atoms with Gasteiger partial charge >= 0.3 is 5.97 Å². The Morgan fingerprint density at radius 2 is 0.938 bits per heavy atom. The topological polar surface area (TPSA) is 135 Å². The number of carboxylic acid groups (broad SMARTS) is 1. The van der Waals surface area contributed by atoms with E-state index in [1.165, 1.54) is 0 Å². The Kier molecular flexibility index (Phi) is 14.3. The molecule has 0 amide bonds. The number of ketones is 1. The maximum Gasteiger partial charge on any atom is 0.335 e. The van der Waals surface area contributed by atoms with Crippen molar-refractivity contribution in [3.05, 3.63) is 0 Å². The van der Waals surface area contributed by atoms with Crippen LogP contribution < -0.4 is 0 Å². The van der Waals surface area contributed by atoms with Gasteiger partial charge in [-0.1, -0.05) is 5.92 Å². The molecule has 0 saturated heterocycles. The van der Waals surface area contributed by atoms with Gasteiger partial charge in [0.2, 0.25) is 0 Å². The maximum atomic E-state index is 11.7. The van der Waals surface area contributed by atoms with Gasteiger partial charge in [0.15, 0.2) is 11.9 Å². The average molecular weight is 424 g/mol. The van der Waals surface area contributed by atoms with Gasteiger partial charge in [-0.05, 0) is 94.7 Å². The first kappa shape index (κ1) is 27.0. The van der Waals surface area contributed by atoms with E-state index in [1.807, 2.05) is 0 Å². The summed E-state index contributed by atoms with van der Waals surface area (Å²) in [7, 11) is 0. The smallest absolute Gasteiger partial charge is 0.335 e. The number of hydrogen-bond donors (Lipinski definition) is 5. The summed E-state index contributed by atoms with van der Waals surface area (Å²) < 4.78 is 0. The lowest BCUT2D eigenvalue weighted by molar-refractivity contribution is -0.165. The summed E-state index contributed by atoms with van der Waals surface area (Å²) in [5.74, 6) is 37.0. The molecule has 0 aliphatic heterocycles. The molecule has 0 aliphatic carbocycles. The number of terminal acetylenes is 1. The van der Waals surface area contributed by atoms with Crippen LogP contribution in [-0.4, -0.2) is 61.7 Å². The second-order valence-electron chi connectivity index (χ2n) is 5.05. The molecule has 7 heteroatoms. The zero-order chi connectivity index (χ0) is 24.2. The minimum absolute atomic E-state index is 0.548. The monoisotopic (exact) mass is 424 g/mol. The number of aliphatic carboxylic acids is 1. The molecule has 7 nitrogen and oxygen atoms in total. The maximum absolute atomic E-state index is 11.7. The van der Waals surface area contributed by atoms with Crippen LogP contribution in [0.3, 0.4) is 0 Å². The number of hydrogen-bond acceptors (Lipinski definition) is 6. The third kappa shape index (κ3) is 12.5. The van der Waals surface area contributed by atoms with Gasteiger partial charge in [0.05, 0.1) is 6.42 Å². The van der Waals surface area contributed by atoms with E-state index < -0.39 is 42.6 Å². The van der Waals surface area contributed by atoms with Crippen molar-refractivity contribution in [1.82, 2.24) is 0 Å². The molecule has 0 saturated carbocycles. The molecule has 0 aromatic heterocycles. The first-order valence-corrected chi connectivity index (χ1v) is 8.24. The van der Waals surface area contributed by atoms with E-state index in [1.54, 1.807) is 0 Å². The first-order chi connectivity index (χ1) is 15.3.